The number of ether oxygens (including phenoxy) is 2. The number of guanidine groups is 2. The molecule has 10 saturated heterocycles. The minimum absolute atomic E-state index is 0.00226. The first-order valence-corrected chi connectivity index (χ1v) is 47.7. The van der Waals surface area contributed by atoms with Gasteiger partial charge in [0.05, 0.1) is 38.3 Å². The summed E-state index contributed by atoms with van der Waals surface area (Å²) in [6.07, 6.45) is 32.8. The molecule has 10 heterocycles. The molecule has 10 fully saturated rings. The fourth-order valence-electron chi connectivity index (χ4n) is 16.7. The van der Waals surface area contributed by atoms with Crippen molar-refractivity contribution in [3.05, 3.63) is 59.7 Å². The van der Waals surface area contributed by atoms with Gasteiger partial charge in [0.25, 0.3) is 0 Å². The molecule has 130 heavy (non-hydrogen) atoms. The molecule has 10 aliphatic heterocycles. The molecule has 0 radical (unpaired) electrons. The van der Waals surface area contributed by atoms with Gasteiger partial charge in [0.2, 0.25) is 71.0 Å². The summed E-state index contributed by atoms with van der Waals surface area (Å²) < 4.78 is 10.4. The van der Waals surface area contributed by atoms with Gasteiger partial charge in [-0.05, 0) is 219 Å². The Bertz CT molecular complexity index is 3980. The predicted molar refractivity (Wildman–Crippen MR) is 498 cm³/mol. The van der Waals surface area contributed by atoms with Gasteiger partial charge < -0.3 is 92.0 Å². The van der Waals surface area contributed by atoms with E-state index in [1.807, 2.05) is 94.4 Å². The summed E-state index contributed by atoms with van der Waals surface area (Å²) >= 11 is 0. The summed E-state index contributed by atoms with van der Waals surface area (Å²) in [7, 11) is 0. The number of likely N-dealkylation sites (tertiary alicyclic amines) is 8. The second kappa shape index (κ2) is 56.6. The number of nitrogens with two attached hydrogens (primary N) is 2. The smallest absolute Gasteiger partial charge is 0.408 e. The average molecular weight is 1810 g/mol. The Morgan fingerprint density at radius 2 is 0.700 bits per heavy atom. The molecule has 10 aliphatic rings. The van der Waals surface area contributed by atoms with Crippen LogP contribution in [0, 0.1) is 36.8 Å². The van der Waals surface area contributed by atoms with Crippen molar-refractivity contribution >= 4 is 94.6 Å². The highest BCUT2D eigenvalue weighted by atomic mass is 16.6. The number of carbonyl (C=O) groups is 12. The number of carbonyl (C=O) groups excluding carboxylic acids is 12. The lowest BCUT2D eigenvalue weighted by molar-refractivity contribution is -0.141. The van der Waals surface area contributed by atoms with E-state index in [9.17, 15) is 57.5 Å². The van der Waals surface area contributed by atoms with E-state index in [0.29, 0.717) is 58.4 Å². The molecule has 6 unspecified atom stereocenters. The Hall–Kier alpha value is -10.9. The Labute approximate surface area is 769 Å². The maximum atomic E-state index is 13.2. The van der Waals surface area contributed by atoms with Crippen LogP contribution in [0.2, 0.25) is 0 Å². The van der Waals surface area contributed by atoms with E-state index in [1.54, 1.807) is 61.1 Å². The number of rotatable bonds is 14. The predicted octanol–water partition coefficient (Wildman–Crippen LogP) is 8.27. The normalized spacial score (nSPS) is 22.4. The van der Waals surface area contributed by atoms with Crippen molar-refractivity contribution in [1.29, 1.82) is 10.5 Å². The van der Waals surface area contributed by atoms with Gasteiger partial charge in [0.15, 0.2) is 12.4 Å². The van der Waals surface area contributed by atoms with Crippen LogP contribution in [-0.4, -0.2) is 288 Å². The van der Waals surface area contributed by atoms with Crippen molar-refractivity contribution in [2.75, 3.05) is 128 Å². The number of anilines is 2. The molecule has 6 atom stereocenters. The molecular formula is C94H150N22O14. The van der Waals surface area contributed by atoms with Crippen molar-refractivity contribution in [3.8, 4) is 12.4 Å². The quantitative estimate of drug-likeness (QED) is 0.0368. The van der Waals surface area contributed by atoms with Crippen LogP contribution < -0.4 is 54.0 Å². The van der Waals surface area contributed by atoms with Crippen molar-refractivity contribution in [2.24, 2.45) is 21.5 Å². The molecule has 36 nitrogen and oxygen atoms in total. The highest BCUT2D eigenvalue weighted by Gasteiger charge is 2.36. The van der Waals surface area contributed by atoms with Crippen LogP contribution in [0.15, 0.2) is 58.5 Å². The number of alkyl carbamates (subject to hydrolysis) is 2. The van der Waals surface area contributed by atoms with E-state index in [2.05, 4.69) is 52.5 Å². The van der Waals surface area contributed by atoms with Crippen LogP contribution in [0.1, 0.15) is 258 Å². The molecule has 12 amide bonds. The monoisotopic (exact) mass is 1810 g/mol. The Morgan fingerprint density at radius 3 is 1.06 bits per heavy atom. The lowest BCUT2D eigenvalue weighted by Gasteiger charge is -2.31. The van der Waals surface area contributed by atoms with Crippen LogP contribution in [0.25, 0.3) is 0 Å². The number of nitrogens with one attached hydrogen (secondary N) is 8. The molecule has 0 aromatic heterocycles. The molecule has 720 valence electrons. The van der Waals surface area contributed by atoms with E-state index >= 15 is 0 Å². The summed E-state index contributed by atoms with van der Waals surface area (Å²) in [6, 6.07) is 12.4. The SMILES string of the molecule is CC(C)(C)OC(=O)NC1CCCCCN(CC(=O)N2CCCC2)C1=O.CC(C)(C)OC(=O)NC1CCCCCNC1=O.Cc1cccc(NC(=NC2CCCCCN(CC(=O)N3CCCC3)C2=O)NC#N)c1.Cc1cccc(NC(=NC2CCCCCN(CC(=O)N3CCCC3)C2=O)NC#N)c1.NC1CCCCCN(CC(=O)N2CCCC2)C1=O.NC1CCCCCNC1=O. The summed E-state index contributed by atoms with van der Waals surface area (Å²) in [5, 5.41) is 40.4. The van der Waals surface area contributed by atoms with Gasteiger partial charge in [-0.15, -0.1) is 0 Å². The van der Waals surface area contributed by atoms with Gasteiger partial charge >= 0.3 is 12.2 Å². The van der Waals surface area contributed by atoms with E-state index < -0.39 is 53.6 Å². The van der Waals surface area contributed by atoms with Crippen molar-refractivity contribution in [3.63, 3.8) is 0 Å². The number of nitrogens with zero attached hydrogens (tertiary/aromatic N) is 12. The molecule has 2 aromatic carbocycles. The van der Waals surface area contributed by atoms with Gasteiger partial charge in [0.1, 0.15) is 35.4 Å². The second-order valence-electron chi connectivity index (χ2n) is 37.1. The molecule has 0 aliphatic carbocycles. The van der Waals surface area contributed by atoms with Crippen LogP contribution in [0.3, 0.4) is 0 Å². The standard InChI is InChI=1S/2C22H30N6O2.C18H31N3O4.C13H23N3O2.C12H22N2O3.C7H14N2O/c2*1-17-8-7-9-18(14-17)25-22(24-16-23)26-19-10-3-2-4-13-28(21(19)30)15-20(29)27-11-5-6-12-27;1-18(2,3)25-17(24)19-14-9-5-4-6-12-21(16(14)23)13-15(22)20-10-7-8-11-20;14-11-6-2-1-3-9-16(13(11)18)10-12(17)15-7-4-5-8-15;1-12(2,3)17-11(16)14-9-7-5-4-6-8-13-10(9)15;8-6-4-2-1-3-5-9-7(6)10/h2*7-9,14,19H,2-6,10-13,15H2,1H3,(H2,24,25,26);14H,4-13H2,1-3H3,(H,19,24);11H,1-10,14H2;9H,4-8H2,1-3H3,(H,13,15)(H,14,16);6H,1-5,8H2,(H,9,10). The zero-order chi connectivity index (χ0) is 94.4. The van der Waals surface area contributed by atoms with Gasteiger partial charge in [-0.25, -0.2) is 19.6 Å². The van der Waals surface area contributed by atoms with Crippen LogP contribution in [-0.2, 0) is 57.4 Å². The molecule has 0 saturated carbocycles. The lowest BCUT2D eigenvalue weighted by Crippen LogP contribution is -2.52. The summed E-state index contributed by atoms with van der Waals surface area (Å²) in [5.41, 5.74) is 14.0. The molecule has 0 bridgehead atoms. The third-order valence-corrected chi connectivity index (χ3v) is 23.7. The highest BCUT2D eigenvalue weighted by molar-refractivity contribution is 5.99. The van der Waals surface area contributed by atoms with Gasteiger partial charge in [-0.1, -0.05) is 101 Å². The summed E-state index contributed by atoms with van der Waals surface area (Å²) in [5.74, 6) is -0.0433. The third kappa shape index (κ3) is 39.8. The molecule has 12 N–H and O–H groups in total. The minimum atomic E-state index is -0.624. The van der Waals surface area contributed by atoms with Gasteiger partial charge in [-0.3, -0.25) is 58.6 Å². The maximum absolute atomic E-state index is 13.2. The first-order chi connectivity index (χ1) is 62.3. The number of aliphatic imine (C=N–C) groups is 2. The average Bonchev–Trinajstić information content (AvgIpc) is 1.06. The Morgan fingerprint density at radius 1 is 0.392 bits per heavy atom. The Kier molecular flexibility index (Phi) is 46.3. The van der Waals surface area contributed by atoms with Crippen molar-refractivity contribution in [1.82, 2.24) is 71.1 Å². The molecule has 2 aromatic rings. The number of amides is 12. The maximum Gasteiger partial charge on any atom is 0.408 e. The molecule has 36 heteroatoms. The van der Waals surface area contributed by atoms with Crippen LogP contribution in [0.4, 0.5) is 21.0 Å². The minimum Gasteiger partial charge on any atom is -0.444 e. The van der Waals surface area contributed by atoms with Gasteiger partial charge in [-0.2, -0.15) is 10.5 Å². The van der Waals surface area contributed by atoms with E-state index in [0.717, 1.165) is 255 Å². The molecule has 0 spiro atoms. The number of hydrogen-bond acceptors (Lipinski definition) is 20. The number of benzene rings is 2. The number of aryl methyl sites for hydroxylation is 2. The number of hydrogen-bond donors (Lipinski definition) is 10. The highest BCUT2D eigenvalue weighted by Crippen LogP contribution is 2.24. The Balaban J connectivity index is 0.000000219. The fraction of sp³-hybridized carbons (Fsp3) is 0.702. The zero-order valence-electron chi connectivity index (χ0n) is 78.7. The van der Waals surface area contributed by atoms with E-state index in [-0.39, 0.29) is 103 Å². The fourth-order valence-corrected chi connectivity index (χ4v) is 16.7. The molecule has 12 rings (SSSR count). The third-order valence-electron chi connectivity index (χ3n) is 23.7. The second-order valence-corrected chi connectivity index (χ2v) is 37.1. The van der Waals surface area contributed by atoms with Crippen LogP contribution >= 0.6 is 0 Å². The lowest BCUT2D eigenvalue weighted by atomic mass is 10.0. The van der Waals surface area contributed by atoms with Crippen molar-refractivity contribution < 1.29 is 67.0 Å². The topological polar surface area (TPSA) is 470 Å². The molecular weight excluding hydrogens is 1660 g/mol. The number of nitriles is 2. The van der Waals surface area contributed by atoms with E-state index in [1.165, 1.54) is 6.42 Å². The van der Waals surface area contributed by atoms with Gasteiger partial charge in [0, 0.05) is 103 Å². The van der Waals surface area contributed by atoms with E-state index in [4.69, 9.17) is 31.5 Å². The first-order valence-electron chi connectivity index (χ1n) is 47.7. The summed E-state index contributed by atoms with van der Waals surface area (Å²) in [4.78, 5) is 170. The largest absolute Gasteiger partial charge is 0.444 e. The first kappa shape index (κ1) is 106. The zero-order valence-corrected chi connectivity index (χ0v) is 78.7. The van der Waals surface area contributed by atoms with Crippen LogP contribution in [0.5, 0.6) is 0 Å². The summed E-state index contributed by atoms with van der Waals surface area (Å²) in [6.45, 7) is 25.4. The van der Waals surface area contributed by atoms with Crippen molar-refractivity contribution in [2.45, 2.75) is 308 Å².